The second kappa shape index (κ2) is 8.39. The van der Waals surface area contributed by atoms with Gasteiger partial charge in [-0.1, -0.05) is 24.6 Å². The fraction of sp³-hybridized carbons (Fsp3) is 0.556. The van der Waals surface area contributed by atoms with E-state index < -0.39 is 4.93 Å². The lowest BCUT2D eigenvalue weighted by Gasteiger charge is -2.36. The Morgan fingerprint density at radius 1 is 1.09 bits per heavy atom. The van der Waals surface area contributed by atoms with E-state index in [9.17, 15) is 9.59 Å². The number of esters is 1. The van der Waals surface area contributed by atoms with Crippen LogP contribution in [-0.4, -0.2) is 34.1 Å². The molecule has 0 heterocycles. The predicted molar refractivity (Wildman–Crippen MR) is 93.6 cm³/mol. The van der Waals surface area contributed by atoms with E-state index in [0.717, 1.165) is 32.1 Å². The number of carbonyl (C=O) groups excluding carboxylic acids is 2. The maximum atomic E-state index is 12.5. The Bertz CT molecular complexity index is 522. The first-order valence-electron chi connectivity index (χ1n) is 8.36. The summed E-state index contributed by atoms with van der Waals surface area (Å²) in [5, 5.41) is -0.00207. The molecule has 0 aliphatic heterocycles. The number of hydrogen-bond acceptors (Lipinski definition) is 4. The van der Waals surface area contributed by atoms with E-state index in [-0.39, 0.29) is 11.2 Å². The van der Waals surface area contributed by atoms with E-state index in [1.54, 1.807) is 17.0 Å². The molecule has 23 heavy (non-hydrogen) atoms. The highest BCUT2D eigenvalue weighted by Gasteiger charge is 2.40. The Morgan fingerprint density at radius 2 is 1.70 bits per heavy atom. The van der Waals surface area contributed by atoms with Gasteiger partial charge in [0.05, 0.1) is 5.56 Å². The van der Waals surface area contributed by atoms with E-state index in [4.69, 9.17) is 4.74 Å². The zero-order chi connectivity index (χ0) is 16.7. The molecule has 1 aliphatic rings. The summed E-state index contributed by atoms with van der Waals surface area (Å²) in [5.74, 6) is -0.340. The van der Waals surface area contributed by atoms with Crippen molar-refractivity contribution in [3.8, 4) is 0 Å². The van der Waals surface area contributed by atoms with Gasteiger partial charge in [-0.2, -0.15) is 0 Å². The van der Waals surface area contributed by atoms with Crippen molar-refractivity contribution < 1.29 is 14.3 Å². The molecular formula is C18H25NO3S. The monoisotopic (exact) mass is 335 g/mol. The Morgan fingerprint density at radius 3 is 2.26 bits per heavy atom. The minimum atomic E-state index is -0.717. The van der Waals surface area contributed by atoms with E-state index in [2.05, 4.69) is 0 Å². The van der Waals surface area contributed by atoms with Gasteiger partial charge in [-0.05, 0) is 63.4 Å². The number of benzene rings is 1. The quantitative estimate of drug-likeness (QED) is 0.578. The van der Waals surface area contributed by atoms with Crippen molar-refractivity contribution in [2.45, 2.75) is 50.9 Å². The summed E-state index contributed by atoms with van der Waals surface area (Å²) in [6.07, 6.45) is 4.58. The lowest BCUT2D eigenvalue weighted by Crippen LogP contribution is -2.38. The third-order valence-electron chi connectivity index (χ3n) is 4.20. The first-order chi connectivity index (χ1) is 11.1. The molecule has 0 aromatic heterocycles. The molecule has 1 aromatic carbocycles. The first kappa shape index (κ1) is 17.9. The van der Waals surface area contributed by atoms with Crippen molar-refractivity contribution in [3.05, 3.63) is 35.9 Å². The highest BCUT2D eigenvalue weighted by molar-refractivity contribution is 8.14. The lowest BCUT2D eigenvalue weighted by molar-refractivity contribution is 0.00830. The summed E-state index contributed by atoms with van der Waals surface area (Å²) in [5.41, 5.74) is 0.535. The third-order valence-corrected chi connectivity index (χ3v) is 5.49. The van der Waals surface area contributed by atoms with Crippen LogP contribution in [0.1, 0.15) is 56.3 Å². The van der Waals surface area contributed by atoms with Crippen LogP contribution in [0.3, 0.4) is 0 Å². The largest absolute Gasteiger partial charge is 0.444 e. The fourth-order valence-electron chi connectivity index (χ4n) is 2.82. The Labute approximate surface area is 142 Å². The van der Waals surface area contributed by atoms with Crippen LogP contribution < -0.4 is 0 Å². The number of carbonyl (C=O) groups is 2. The molecule has 0 bridgehead atoms. The normalized spacial score (nSPS) is 16.6. The smallest absolute Gasteiger partial charge is 0.339 e. The summed E-state index contributed by atoms with van der Waals surface area (Å²) >= 11 is 1.19. The Balaban J connectivity index is 2.12. The summed E-state index contributed by atoms with van der Waals surface area (Å²) in [7, 11) is 0. The van der Waals surface area contributed by atoms with Gasteiger partial charge in [-0.15, -0.1) is 0 Å². The van der Waals surface area contributed by atoms with Crippen LogP contribution in [0.25, 0.3) is 0 Å². The second-order valence-electron chi connectivity index (χ2n) is 5.77. The molecule has 0 N–H and O–H groups in total. The minimum absolute atomic E-state index is 0.00207. The molecule has 5 heteroatoms. The predicted octanol–water partition coefficient (Wildman–Crippen LogP) is 4.70. The molecule has 0 unspecified atom stereocenters. The van der Waals surface area contributed by atoms with Crippen molar-refractivity contribution >= 4 is 23.0 Å². The van der Waals surface area contributed by atoms with Gasteiger partial charge >= 0.3 is 5.97 Å². The van der Waals surface area contributed by atoms with Crippen LogP contribution in [-0.2, 0) is 4.74 Å². The van der Waals surface area contributed by atoms with Gasteiger partial charge in [0.15, 0.2) is 4.93 Å². The first-order valence-corrected chi connectivity index (χ1v) is 9.18. The summed E-state index contributed by atoms with van der Waals surface area (Å²) < 4.78 is 5.85. The molecule has 0 radical (unpaired) electrons. The maximum Gasteiger partial charge on any atom is 0.339 e. The molecule has 0 spiro atoms. The molecule has 1 aromatic rings. The van der Waals surface area contributed by atoms with Gasteiger partial charge in [0.2, 0.25) is 0 Å². The molecule has 0 atom stereocenters. The molecule has 1 saturated carbocycles. The summed E-state index contributed by atoms with van der Waals surface area (Å²) in [4.78, 5) is 26.0. The number of ether oxygens (including phenoxy) is 1. The van der Waals surface area contributed by atoms with Crippen LogP contribution >= 0.6 is 11.8 Å². The fourth-order valence-corrected chi connectivity index (χ4v) is 4.14. The van der Waals surface area contributed by atoms with Crippen LogP contribution in [0.5, 0.6) is 0 Å². The van der Waals surface area contributed by atoms with E-state index in [1.165, 1.54) is 11.8 Å². The SMILES string of the molecule is CCN(CC)C(=O)SC1(OC(=O)c2ccccc2)CCCCC1. The lowest BCUT2D eigenvalue weighted by atomic mass is 9.97. The Kier molecular flexibility index (Phi) is 6.51. The van der Waals surface area contributed by atoms with Gasteiger partial charge in [-0.3, -0.25) is 4.79 Å². The average molecular weight is 335 g/mol. The molecule has 4 nitrogen and oxygen atoms in total. The number of hydrogen-bond donors (Lipinski definition) is 0. The topological polar surface area (TPSA) is 46.6 Å². The van der Waals surface area contributed by atoms with Crippen molar-refractivity contribution in [2.75, 3.05) is 13.1 Å². The zero-order valence-electron chi connectivity index (χ0n) is 13.9. The molecular weight excluding hydrogens is 310 g/mol. The van der Waals surface area contributed by atoms with Crippen molar-refractivity contribution in [2.24, 2.45) is 0 Å². The minimum Gasteiger partial charge on any atom is -0.444 e. The van der Waals surface area contributed by atoms with Crippen molar-refractivity contribution in [1.82, 2.24) is 4.90 Å². The van der Waals surface area contributed by atoms with E-state index >= 15 is 0 Å². The number of thioether (sulfide) groups is 1. The summed E-state index contributed by atoms with van der Waals surface area (Å²) in [6.45, 7) is 5.27. The molecule has 0 saturated heterocycles. The molecule has 2 rings (SSSR count). The van der Waals surface area contributed by atoms with Gasteiger partial charge < -0.3 is 9.64 Å². The molecule has 1 fully saturated rings. The van der Waals surface area contributed by atoms with Gasteiger partial charge in [0.25, 0.3) is 5.24 Å². The molecule has 1 amide bonds. The number of nitrogens with zero attached hydrogens (tertiary/aromatic N) is 1. The van der Waals surface area contributed by atoms with Crippen LogP contribution in [0.15, 0.2) is 30.3 Å². The maximum absolute atomic E-state index is 12.5. The van der Waals surface area contributed by atoms with E-state index in [1.807, 2.05) is 32.0 Å². The standard InChI is InChI=1S/C18H25NO3S/c1-3-19(4-2)17(21)23-18(13-9-6-10-14-18)22-16(20)15-11-7-5-8-12-15/h5,7-8,11-12H,3-4,6,9-10,13-14H2,1-2H3. The molecule has 126 valence electrons. The van der Waals surface area contributed by atoms with Crippen molar-refractivity contribution in [3.63, 3.8) is 0 Å². The van der Waals surface area contributed by atoms with Crippen molar-refractivity contribution in [1.29, 1.82) is 0 Å². The van der Waals surface area contributed by atoms with Crippen LogP contribution in [0.4, 0.5) is 4.79 Å². The second-order valence-corrected chi connectivity index (χ2v) is 7.06. The van der Waals surface area contributed by atoms with Crippen LogP contribution in [0, 0.1) is 0 Å². The highest BCUT2D eigenvalue weighted by atomic mass is 32.2. The Hall–Kier alpha value is -1.49. The highest BCUT2D eigenvalue weighted by Crippen LogP contribution is 2.42. The van der Waals surface area contributed by atoms with E-state index in [0.29, 0.717) is 18.7 Å². The van der Waals surface area contributed by atoms with Gasteiger partial charge in [-0.25, -0.2) is 4.79 Å². The molecule has 1 aliphatic carbocycles. The van der Waals surface area contributed by atoms with Crippen LogP contribution in [0.2, 0.25) is 0 Å². The average Bonchev–Trinajstić information content (AvgIpc) is 2.57. The summed E-state index contributed by atoms with van der Waals surface area (Å²) in [6, 6.07) is 8.99. The number of rotatable bonds is 5. The van der Waals surface area contributed by atoms with Gasteiger partial charge in [0, 0.05) is 13.1 Å². The zero-order valence-corrected chi connectivity index (χ0v) is 14.7. The van der Waals surface area contributed by atoms with Gasteiger partial charge in [0.1, 0.15) is 0 Å². The number of amides is 1. The third kappa shape index (κ3) is 4.74.